The predicted molar refractivity (Wildman–Crippen MR) is 101 cm³/mol. The Morgan fingerprint density at radius 1 is 1.04 bits per heavy atom. The van der Waals surface area contributed by atoms with Gasteiger partial charge in [0.05, 0.1) is 0 Å². The van der Waals surface area contributed by atoms with Crippen LogP contribution >= 0.6 is 0 Å². The minimum absolute atomic E-state index is 0.142. The number of aromatic amines is 1. The van der Waals surface area contributed by atoms with Gasteiger partial charge in [-0.15, -0.1) is 0 Å². The first-order valence-corrected chi connectivity index (χ1v) is 9.09. The lowest BCUT2D eigenvalue weighted by Gasteiger charge is -2.31. The van der Waals surface area contributed by atoms with Crippen LogP contribution in [0.15, 0.2) is 48.5 Å². The van der Waals surface area contributed by atoms with Crippen molar-refractivity contribution in [3.05, 3.63) is 59.7 Å². The van der Waals surface area contributed by atoms with Crippen LogP contribution in [0.1, 0.15) is 35.0 Å². The number of fused-ring (bicyclic) bond motifs is 2. The first-order chi connectivity index (χ1) is 13.5. The molecule has 3 amide bonds. The van der Waals surface area contributed by atoms with Gasteiger partial charge in [0.15, 0.2) is 6.23 Å². The molecule has 0 spiro atoms. The summed E-state index contributed by atoms with van der Waals surface area (Å²) < 4.78 is 0. The van der Waals surface area contributed by atoms with E-state index < -0.39 is 24.1 Å². The van der Waals surface area contributed by atoms with E-state index in [2.05, 4.69) is 10.3 Å². The normalized spacial score (nSPS) is 21.9. The van der Waals surface area contributed by atoms with Gasteiger partial charge in [0.25, 0.3) is 5.91 Å². The molecule has 0 aliphatic carbocycles. The monoisotopic (exact) mass is 375 g/mol. The highest BCUT2D eigenvalue weighted by molar-refractivity contribution is 6.06. The minimum atomic E-state index is -1.21. The third-order valence-corrected chi connectivity index (χ3v) is 5.45. The van der Waals surface area contributed by atoms with Gasteiger partial charge in [0.1, 0.15) is 6.04 Å². The third-order valence-electron chi connectivity index (χ3n) is 5.45. The molecular formula is C21H17N3O4. The van der Waals surface area contributed by atoms with E-state index >= 15 is 0 Å². The number of benzene rings is 2. The van der Waals surface area contributed by atoms with Crippen molar-refractivity contribution < 1.29 is 19.5 Å². The molecular weight excluding hydrogens is 358 g/mol. The number of rotatable bonds is 2. The Labute approximate surface area is 160 Å². The average Bonchev–Trinajstić information content (AvgIpc) is 3.22. The summed E-state index contributed by atoms with van der Waals surface area (Å²) in [5, 5.41) is 14.0. The molecule has 2 aliphatic heterocycles. The highest BCUT2D eigenvalue weighted by Crippen LogP contribution is 2.37. The maximum Gasteiger partial charge on any atom is 0.257 e. The first-order valence-electron chi connectivity index (χ1n) is 9.09. The zero-order valence-electron chi connectivity index (χ0n) is 14.8. The lowest BCUT2D eigenvalue weighted by atomic mass is 10.0. The highest BCUT2D eigenvalue weighted by Gasteiger charge is 2.44. The van der Waals surface area contributed by atoms with Gasteiger partial charge in [-0.05, 0) is 30.2 Å². The van der Waals surface area contributed by atoms with Crippen molar-refractivity contribution in [2.75, 3.05) is 0 Å². The second kappa shape index (κ2) is 6.03. The molecule has 0 saturated carbocycles. The van der Waals surface area contributed by atoms with Crippen molar-refractivity contribution >= 4 is 28.6 Å². The molecule has 3 heterocycles. The van der Waals surface area contributed by atoms with Crippen LogP contribution in [0.2, 0.25) is 0 Å². The van der Waals surface area contributed by atoms with Gasteiger partial charge < -0.3 is 10.1 Å². The van der Waals surface area contributed by atoms with Crippen molar-refractivity contribution in [3.63, 3.8) is 0 Å². The summed E-state index contributed by atoms with van der Waals surface area (Å²) in [6.07, 6.45) is -0.858. The van der Waals surface area contributed by atoms with Gasteiger partial charge in [-0.3, -0.25) is 24.6 Å². The predicted octanol–water partition coefficient (Wildman–Crippen LogP) is 2.09. The smallest absolute Gasteiger partial charge is 0.257 e. The number of carbonyl (C=O) groups is 3. The fraction of sp³-hybridized carbons (Fsp3) is 0.190. The lowest BCUT2D eigenvalue weighted by Crippen LogP contribution is -2.53. The molecule has 1 aromatic heterocycles. The van der Waals surface area contributed by atoms with Crippen molar-refractivity contribution in [3.8, 4) is 11.3 Å². The second-order valence-corrected chi connectivity index (χ2v) is 7.13. The standard InChI is InChI=1S/C21H17N3O4/c25-18-8-7-17(19(26)23-18)24-20(27)13-6-5-12(9-14(13)21(24)28)16-10-11-3-1-2-4-15(11)22-16/h1-6,9-10,17,20,22,27H,7-8H2,(H,23,25,26). The molecule has 7 nitrogen and oxygen atoms in total. The molecule has 3 N–H and O–H groups in total. The van der Waals surface area contributed by atoms with Crippen LogP contribution in [0.5, 0.6) is 0 Å². The van der Waals surface area contributed by atoms with E-state index in [0.29, 0.717) is 11.1 Å². The number of aliphatic hydroxyl groups excluding tert-OH is 1. The molecule has 1 saturated heterocycles. The minimum Gasteiger partial charge on any atom is -0.369 e. The van der Waals surface area contributed by atoms with Crippen LogP contribution in [0.25, 0.3) is 22.2 Å². The molecule has 28 heavy (non-hydrogen) atoms. The van der Waals surface area contributed by atoms with E-state index in [1.807, 2.05) is 36.4 Å². The zero-order chi connectivity index (χ0) is 19.4. The molecule has 0 radical (unpaired) electrons. The summed E-state index contributed by atoms with van der Waals surface area (Å²) in [6, 6.07) is 14.3. The number of aromatic nitrogens is 1. The van der Waals surface area contributed by atoms with Crippen molar-refractivity contribution in [1.29, 1.82) is 0 Å². The molecule has 2 unspecified atom stereocenters. The summed E-state index contributed by atoms with van der Waals surface area (Å²) in [5.74, 6) is -1.32. The molecule has 7 heteroatoms. The Morgan fingerprint density at radius 3 is 2.64 bits per heavy atom. The number of nitrogens with one attached hydrogen (secondary N) is 2. The van der Waals surface area contributed by atoms with E-state index in [0.717, 1.165) is 22.2 Å². The van der Waals surface area contributed by atoms with E-state index in [-0.39, 0.29) is 18.7 Å². The number of nitrogens with zero attached hydrogens (tertiary/aromatic N) is 1. The van der Waals surface area contributed by atoms with E-state index in [1.54, 1.807) is 12.1 Å². The van der Waals surface area contributed by atoms with Crippen LogP contribution in [0.4, 0.5) is 0 Å². The van der Waals surface area contributed by atoms with Gasteiger partial charge in [-0.2, -0.15) is 0 Å². The fourth-order valence-corrected chi connectivity index (χ4v) is 4.02. The van der Waals surface area contributed by atoms with Crippen LogP contribution in [0, 0.1) is 0 Å². The second-order valence-electron chi connectivity index (χ2n) is 7.13. The van der Waals surface area contributed by atoms with Gasteiger partial charge in [-0.1, -0.05) is 30.3 Å². The summed E-state index contributed by atoms with van der Waals surface area (Å²) in [4.78, 5) is 41.0. The van der Waals surface area contributed by atoms with Gasteiger partial charge in [-0.25, -0.2) is 0 Å². The molecule has 2 aliphatic rings. The number of imide groups is 1. The molecule has 2 aromatic carbocycles. The summed E-state index contributed by atoms with van der Waals surface area (Å²) in [5.41, 5.74) is 3.52. The largest absolute Gasteiger partial charge is 0.369 e. The van der Waals surface area contributed by atoms with E-state index in [1.165, 1.54) is 4.90 Å². The number of carbonyl (C=O) groups excluding carboxylic acids is 3. The zero-order valence-corrected chi connectivity index (χ0v) is 14.8. The maximum atomic E-state index is 13.0. The average molecular weight is 375 g/mol. The number of para-hydroxylation sites is 1. The Balaban J connectivity index is 1.51. The topological polar surface area (TPSA) is 102 Å². The van der Waals surface area contributed by atoms with Crippen molar-refractivity contribution in [2.45, 2.75) is 25.1 Å². The highest BCUT2D eigenvalue weighted by atomic mass is 16.3. The first kappa shape index (κ1) is 16.7. The van der Waals surface area contributed by atoms with Crippen molar-refractivity contribution in [1.82, 2.24) is 15.2 Å². The van der Waals surface area contributed by atoms with Gasteiger partial charge >= 0.3 is 0 Å². The lowest BCUT2D eigenvalue weighted by molar-refractivity contribution is -0.139. The maximum absolute atomic E-state index is 13.0. The Morgan fingerprint density at radius 2 is 1.86 bits per heavy atom. The number of hydrogen-bond donors (Lipinski definition) is 3. The van der Waals surface area contributed by atoms with Crippen LogP contribution in [-0.2, 0) is 9.59 Å². The Hall–Kier alpha value is -3.45. The molecule has 140 valence electrons. The number of amides is 3. The molecule has 2 atom stereocenters. The van der Waals surface area contributed by atoms with Crippen molar-refractivity contribution in [2.24, 2.45) is 0 Å². The van der Waals surface area contributed by atoms with Crippen LogP contribution in [-0.4, -0.2) is 38.8 Å². The summed E-state index contributed by atoms with van der Waals surface area (Å²) >= 11 is 0. The van der Waals surface area contributed by atoms with Crippen LogP contribution in [0.3, 0.4) is 0 Å². The Kier molecular flexibility index (Phi) is 3.60. The van der Waals surface area contributed by atoms with Gasteiger partial charge in [0.2, 0.25) is 11.8 Å². The molecule has 5 rings (SSSR count). The van der Waals surface area contributed by atoms with Gasteiger partial charge in [0, 0.05) is 34.1 Å². The number of hydrogen-bond acceptors (Lipinski definition) is 4. The molecule has 1 fully saturated rings. The molecule has 3 aromatic rings. The van der Waals surface area contributed by atoms with E-state index in [9.17, 15) is 19.5 Å². The number of aliphatic hydroxyl groups is 1. The SMILES string of the molecule is O=C1CCC(N2C(=O)c3cc(-c4cc5ccccc5[nH]4)ccc3C2O)C(=O)N1. The quantitative estimate of drug-likeness (QED) is 0.597. The number of H-pyrrole nitrogens is 1. The number of piperidine rings is 1. The third kappa shape index (κ3) is 2.44. The summed E-state index contributed by atoms with van der Waals surface area (Å²) in [7, 11) is 0. The summed E-state index contributed by atoms with van der Waals surface area (Å²) in [6.45, 7) is 0. The Bertz CT molecular complexity index is 1120. The fourth-order valence-electron chi connectivity index (χ4n) is 4.02. The van der Waals surface area contributed by atoms with Crippen LogP contribution < -0.4 is 5.32 Å². The van der Waals surface area contributed by atoms with E-state index in [4.69, 9.17) is 0 Å². The molecule has 0 bridgehead atoms.